The molecular formula is C16H16ClN3OS. The second kappa shape index (κ2) is 5.74. The summed E-state index contributed by atoms with van der Waals surface area (Å²) in [5, 5.41) is 5.12. The zero-order chi connectivity index (χ0) is 15.9. The van der Waals surface area contributed by atoms with Gasteiger partial charge in [0.2, 0.25) is 0 Å². The van der Waals surface area contributed by atoms with Crippen molar-refractivity contribution in [2.75, 3.05) is 0 Å². The number of imidazole rings is 1. The van der Waals surface area contributed by atoms with Crippen LogP contribution in [0.2, 0.25) is 5.15 Å². The van der Waals surface area contributed by atoms with Crippen LogP contribution in [-0.2, 0) is 0 Å². The van der Waals surface area contributed by atoms with Gasteiger partial charge in [-0.05, 0) is 31.9 Å². The molecule has 2 aromatic heterocycles. The Hall–Kier alpha value is -1.85. The molecule has 0 saturated heterocycles. The van der Waals surface area contributed by atoms with Crippen molar-refractivity contribution in [3.8, 4) is 0 Å². The maximum atomic E-state index is 12.6. The number of hydrogen-bond donors (Lipinski definition) is 1. The number of thiazole rings is 1. The average molecular weight is 334 g/mol. The molecule has 0 bridgehead atoms. The molecule has 114 valence electrons. The molecule has 6 heteroatoms. The van der Waals surface area contributed by atoms with Gasteiger partial charge < -0.3 is 5.32 Å². The summed E-state index contributed by atoms with van der Waals surface area (Å²) in [5.41, 5.74) is 3.81. The summed E-state index contributed by atoms with van der Waals surface area (Å²) in [6, 6.07) is 6.12. The van der Waals surface area contributed by atoms with Gasteiger partial charge in [-0.15, -0.1) is 11.3 Å². The summed E-state index contributed by atoms with van der Waals surface area (Å²) < 4.78 is 1.72. The maximum Gasteiger partial charge on any atom is 0.272 e. The molecule has 1 atom stereocenters. The minimum atomic E-state index is -0.218. The lowest BCUT2D eigenvalue weighted by atomic mass is 10.00. The first-order valence-electron chi connectivity index (χ1n) is 6.96. The Bertz CT molecular complexity index is 852. The van der Waals surface area contributed by atoms with Crippen LogP contribution in [0.1, 0.15) is 40.1 Å². The second-order valence-corrected chi connectivity index (χ2v) is 6.59. The van der Waals surface area contributed by atoms with Crippen molar-refractivity contribution in [1.29, 1.82) is 0 Å². The van der Waals surface area contributed by atoms with Crippen molar-refractivity contribution >= 4 is 33.8 Å². The van der Waals surface area contributed by atoms with E-state index in [4.69, 9.17) is 11.6 Å². The Morgan fingerprint density at radius 3 is 2.95 bits per heavy atom. The Morgan fingerprint density at radius 1 is 1.41 bits per heavy atom. The van der Waals surface area contributed by atoms with Gasteiger partial charge in [0.25, 0.3) is 5.91 Å². The normalized spacial score (nSPS) is 12.5. The van der Waals surface area contributed by atoms with Crippen LogP contribution in [0.3, 0.4) is 0 Å². The lowest BCUT2D eigenvalue weighted by Gasteiger charge is -2.17. The van der Waals surface area contributed by atoms with Gasteiger partial charge in [-0.25, -0.2) is 4.98 Å². The topological polar surface area (TPSA) is 46.4 Å². The third-order valence-electron chi connectivity index (χ3n) is 3.68. The zero-order valence-electron chi connectivity index (χ0n) is 12.6. The van der Waals surface area contributed by atoms with Crippen LogP contribution in [0.5, 0.6) is 0 Å². The fourth-order valence-corrected chi connectivity index (χ4v) is 3.55. The first-order chi connectivity index (χ1) is 10.5. The third kappa shape index (κ3) is 2.62. The van der Waals surface area contributed by atoms with Crippen molar-refractivity contribution < 1.29 is 4.79 Å². The van der Waals surface area contributed by atoms with Gasteiger partial charge in [0, 0.05) is 11.6 Å². The minimum Gasteiger partial charge on any atom is -0.344 e. The SMILES string of the molecule is Cc1ccc(C)c(C(C)NC(=O)c2c(Cl)nc3sccn23)c1. The lowest BCUT2D eigenvalue weighted by molar-refractivity contribution is 0.0934. The number of aromatic nitrogens is 2. The predicted molar refractivity (Wildman–Crippen MR) is 89.9 cm³/mol. The van der Waals surface area contributed by atoms with Gasteiger partial charge in [0.1, 0.15) is 0 Å². The number of aryl methyl sites for hydroxylation is 2. The zero-order valence-corrected chi connectivity index (χ0v) is 14.1. The Labute approximate surface area is 137 Å². The molecule has 22 heavy (non-hydrogen) atoms. The first-order valence-corrected chi connectivity index (χ1v) is 8.22. The van der Waals surface area contributed by atoms with Crippen LogP contribution in [0, 0.1) is 13.8 Å². The fourth-order valence-electron chi connectivity index (χ4n) is 2.53. The molecule has 4 nitrogen and oxygen atoms in total. The molecule has 0 aliphatic heterocycles. The number of benzene rings is 1. The summed E-state index contributed by atoms with van der Waals surface area (Å²) in [6.45, 7) is 6.06. The highest BCUT2D eigenvalue weighted by Crippen LogP contribution is 2.23. The van der Waals surface area contributed by atoms with Gasteiger partial charge >= 0.3 is 0 Å². The molecular weight excluding hydrogens is 318 g/mol. The van der Waals surface area contributed by atoms with E-state index in [1.165, 1.54) is 16.9 Å². The van der Waals surface area contributed by atoms with Gasteiger partial charge in [-0.3, -0.25) is 9.20 Å². The Kier molecular flexibility index (Phi) is 3.93. The standard InChI is InChI=1S/C16H16ClN3OS/c1-9-4-5-10(2)12(8-9)11(3)18-15(21)13-14(17)19-16-20(13)6-7-22-16/h4-8,11H,1-3H3,(H,18,21). The van der Waals surface area contributed by atoms with Crippen LogP contribution >= 0.6 is 22.9 Å². The van der Waals surface area contributed by atoms with Crippen LogP contribution in [-0.4, -0.2) is 15.3 Å². The first kappa shape index (κ1) is 15.1. The molecule has 1 unspecified atom stereocenters. The van der Waals surface area contributed by atoms with Gasteiger partial charge in [0.15, 0.2) is 15.8 Å². The molecule has 0 saturated carbocycles. The summed E-state index contributed by atoms with van der Waals surface area (Å²) >= 11 is 7.55. The highest BCUT2D eigenvalue weighted by atomic mass is 35.5. The van der Waals surface area contributed by atoms with Gasteiger partial charge in [-0.1, -0.05) is 35.4 Å². The van der Waals surface area contributed by atoms with Gasteiger partial charge in [-0.2, -0.15) is 0 Å². The summed E-state index contributed by atoms with van der Waals surface area (Å²) in [5.74, 6) is -0.218. The molecule has 1 N–H and O–H groups in total. The summed E-state index contributed by atoms with van der Waals surface area (Å²) in [4.78, 5) is 17.5. The number of nitrogens with one attached hydrogen (secondary N) is 1. The Balaban J connectivity index is 1.89. The number of halogens is 1. The third-order valence-corrected chi connectivity index (χ3v) is 4.70. The van der Waals surface area contributed by atoms with Crippen LogP contribution in [0.4, 0.5) is 0 Å². The van der Waals surface area contributed by atoms with Crippen molar-refractivity contribution in [2.45, 2.75) is 26.8 Å². The number of rotatable bonds is 3. The van der Waals surface area contributed by atoms with Crippen molar-refractivity contribution in [3.63, 3.8) is 0 Å². The molecule has 0 aliphatic rings. The van der Waals surface area contributed by atoms with E-state index in [1.807, 2.05) is 26.2 Å². The number of carbonyl (C=O) groups is 1. The van der Waals surface area contributed by atoms with E-state index in [0.29, 0.717) is 5.69 Å². The molecule has 0 spiro atoms. The minimum absolute atomic E-state index is 0.104. The average Bonchev–Trinajstić information content (AvgIpc) is 3.00. The van der Waals surface area contributed by atoms with E-state index in [1.54, 1.807) is 10.6 Å². The highest BCUT2D eigenvalue weighted by Gasteiger charge is 2.21. The molecule has 0 radical (unpaired) electrons. The fraction of sp³-hybridized carbons (Fsp3) is 0.250. The van der Waals surface area contributed by atoms with Crippen LogP contribution in [0.25, 0.3) is 4.96 Å². The quantitative estimate of drug-likeness (QED) is 0.782. The Morgan fingerprint density at radius 2 is 2.18 bits per heavy atom. The predicted octanol–water partition coefficient (Wildman–Crippen LogP) is 4.16. The largest absolute Gasteiger partial charge is 0.344 e. The summed E-state index contributed by atoms with van der Waals surface area (Å²) in [6.07, 6.45) is 1.80. The smallest absolute Gasteiger partial charge is 0.272 e. The number of hydrogen-bond acceptors (Lipinski definition) is 3. The van der Waals surface area contributed by atoms with Gasteiger partial charge in [0.05, 0.1) is 6.04 Å². The maximum absolute atomic E-state index is 12.6. The monoisotopic (exact) mass is 333 g/mol. The van der Waals surface area contributed by atoms with E-state index < -0.39 is 0 Å². The molecule has 2 heterocycles. The van der Waals surface area contributed by atoms with Crippen molar-refractivity contribution in [1.82, 2.24) is 14.7 Å². The van der Waals surface area contributed by atoms with Crippen LogP contribution in [0.15, 0.2) is 29.8 Å². The number of fused-ring (bicyclic) bond motifs is 1. The highest BCUT2D eigenvalue weighted by molar-refractivity contribution is 7.15. The van der Waals surface area contributed by atoms with E-state index in [9.17, 15) is 4.79 Å². The molecule has 0 fully saturated rings. The van der Waals surface area contributed by atoms with Crippen LogP contribution < -0.4 is 5.32 Å². The number of nitrogens with zero attached hydrogens (tertiary/aromatic N) is 2. The number of amides is 1. The second-order valence-electron chi connectivity index (χ2n) is 5.36. The molecule has 1 aromatic carbocycles. The van der Waals surface area contributed by atoms with Crippen molar-refractivity contribution in [3.05, 3.63) is 57.3 Å². The lowest BCUT2D eigenvalue weighted by Crippen LogP contribution is -2.28. The number of carbonyl (C=O) groups excluding carboxylic acids is 1. The van der Waals surface area contributed by atoms with Crippen molar-refractivity contribution in [2.24, 2.45) is 0 Å². The van der Waals surface area contributed by atoms with E-state index in [-0.39, 0.29) is 17.1 Å². The molecule has 1 amide bonds. The molecule has 3 aromatic rings. The van der Waals surface area contributed by atoms with E-state index in [2.05, 4.69) is 28.5 Å². The van der Waals surface area contributed by atoms with E-state index in [0.717, 1.165) is 16.1 Å². The molecule has 3 rings (SSSR count). The molecule has 0 aliphatic carbocycles. The summed E-state index contributed by atoms with van der Waals surface area (Å²) in [7, 11) is 0. The van der Waals surface area contributed by atoms with E-state index >= 15 is 0 Å².